The summed E-state index contributed by atoms with van der Waals surface area (Å²) in [5.41, 5.74) is 2.55. The van der Waals surface area contributed by atoms with Crippen LogP contribution in [0.3, 0.4) is 0 Å². The number of guanidine groups is 1. The number of benzene rings is 1. The van der Waals surface area contributed by atoms with Gasteiger partial charge in [0, 0.05) is 51.3 Å². The largest absolute Gasteiger partial charge is 0.381 e. The van der Waals surface area contributed by atoms with Crippen molar-refractivity contribution < 1.29 is 14.2 Å². The summed E-state index contributed by atoms with van der Waals surface area (Å²) in [6.45, 7) is 10.9. The molecule has 2 aliphatic heterocycles. The maximum Gasteiger partial charge on any atom is 0.191 e. The first-order chi connectivity index (χ1) is 14.8. The molecule has 2 heterocycles. The molecule has 30 heavy (non-hydrogen) atoms. The van der Waals surface area contributed by atoms with E-state index in [9.17, 15) is 0 Å². The second-order valence-corrected chi connectivity index (χ2v) is 8.41. The van der Waals surface area contributed by atoms with E-state index < -0.39 is 0 Å². The average Bonchev–Trinajstić information content (AvgIpc) is 3.29. The Labute approximate surface area is 181 Å². The monoisotopic (exact) mass is 417 g/mol. The van der Waals surface area contributed by atoms with Crippen LogP contribution in [0.25, 0.3) is 0 Å². The Morgan fingerprint density at radius 1 is 1.17 bits per heavy atom. The third kappa shape index (κ3) is 7.56. The lowest BCUT2D eigenvalue weighted by Crippen LogP contribution is -2.39. The van der Waals surface area contributed by atoms with Gasteiger partial charge in [0.05, 0.1) is 19.3 Å². The lowest BCUT2D eigenvalue weighted by molar-refractivity contribution is -0.0250. The maximum atomic E-state index is 6.14. The highest BCUT2D eigenvalue weighted by molar-refractivity contribution is 5.79. The SMILES string of the molecule is CCNC(=NCC1CCCOC1c1ccc(C)cc1)NCCCOCC1CCOC1. The van der Waals surface area contributed by atoms with Gasteiger partial charge in [-0.05, 0) is 45.1 Å². The lowest BCUT2D eigenvalue weighted by atomic mass is 9.89. The zero-order chi connectivity index (χ0) is 21.0. The van der Waals surface area contributed by atoms with E-state index in [0.717, 1.165) is 84.3 Å². The molecule has 1 aromatic carbocycles. The van der Waals surface area contributed by atoms with Crippen LogP contribution in [0.15, 0.2) is 29.3 Å². The van der Waals surface area contributed by atoms with Crippen molar-refractivity contribution in [2.75, 3.05) is 52.7 Å². The first-order valence-corrected chi connectivity index (χ1v) is 11.6. The first kappa shape index (κ1) is 23.0. The van der Waals surface area contributed by atoms with Crippen molar-refractivity contribution in [3.8, 4) is 0 Å². The van der Waals surface area contributed by atoms with Gasteiger partial charge in [0.15, 0.2) is 5.96 Å². The number of hydrogen-bond acceptors (Lipinski definition) is 4. The molecule has 168 valence electrons. The van der Waals surface area contributed by atoms with E-state index in [4.69, 9.17) is 19.2 Å². The Morgan fingerprint density at radius 3 is 2.80 bits per heavy atom. The summed E-state index contributed by atoms with van der Waals surface area (Å²) < 4.78 is 17.3. The summed E-state index contributed by atoms with van der Waals surface area (Å²) in [7, 11) is 0. The molecule has 2 N–H and O–H groups in total. The minimum Gasteiger partial charge on any atom is -0.381 e. The highest BCUT2D eigenvalue weighted by Crippen LogP contribution is 2.33. The van der Waals surface area contributed by atoms with Gasteiger partial charge < -0.3 is 24.8 Å². The Balaban J connectivity index is 1.43. The number of nitrogens with one attached hydrogen (secondary N) is 2. The molecule has 0 aliphatic carbocycles. The highest BCUT2D eigenvalue weighted by atomic mass is 16.5. The molecular formula is C24H39N3O3. The smallest absolute Gasteiger partial charge is 0.191 e. The minimum atomic E-state index is 0.138. The molecule has 6 nitrogen and oxygen atoms in total. The summed E-state index contributed by atoms with van der Waals surface area (Å²) in [5.74, 6) is 1.87. The second-order valence-electron chi connectivity index (χ2n) is 8.41. The van der Waals surface area contributed by atoms with Crippen LogP contribution in [0.1, 0.15) is 49.8 Å². The topological polar surface area (TPSA) is 64.1 Å². The molecule has 0 bridgehead atoms. The van der Waals surface area contributed by atoms with Crippen LogP contribution in [0.5, 0.6) is 0 Å². The van der Waals surface area contributed by atoms with Crippen LogP contribution in [0.4, 0.5) is 0 Å². The van der Waals surface area contributed by atoms with Gasteiger partial charge in [-0.25, -0.2) is 0 Å². The van der Waals surface area contributed by atoms with Gasteiger partial charge in [0.25, 0.3) is 0 Å². The standard InChI is InChI=1S/C24H39N3O3/c1-3-25-24(26-12-5-13-28-17-20-11-15-29-18-20)27-16-22-6-4-14-30-23(22)21-9-7-19(2)8-10-21/h7-10,20,22-23H,3-6,11-18H2,1-2H3,(H2,25,26,27). The summed E-state index contributed by atoms with van der Waals surface area (Å²) >= 11 is 0. The summed E-state index contributed by atoms with van der Waals surface area (Å²) in [6.07, 6.45) is 4.50. The Hall–Kier alpha value is -1.63. The van der Waals surface area contributed by atoms with Crippen LogP contribution in [0.2, 0.25) is 0 Å². The maximum absolute atomic E-state index is 6.14. The van der Waals surface area contributed by atoms with Crippen LogP contribution in [-0.4, -0.2) is 58.6 Å². The zero-order valence-corrected chi connectivity index (χ0v) is 18.7. The van der Waals surface area contributed by atoms with E-state index >= 15 is 0 Å². The molecule has 1 aromatic rings. The minimum absolute atomic E-state index is 0.138. The molecule has 3 rings (SSSR count). The Bertz CT molecular complexity index is 629. The van der Waals surface area contributed by atoms with Crippen LogP contribution in [-0.2, 0) is 14.2 Å². The van der Waals surface area contributed by atoms with Gasteiger partial charge in [-0.2, -0.15) is 0 Å². The van der Waals surface area contributed by atoms with Gasteiger partial charge in [-0.1, -0.05) is 29.8 Å². The fraction of sp³-hybridized carbons (Fsp3) is 0.708. The van der Waals surface area contributed by atoms with E-state index in [1.807, 2.05) is 0 Å². The van der Waals surface area contributed by atoms with Crippen molar-refractivity contribution in [2.45, 2.75) is 45.6 Å². The van der Waals surface area contributed by atoms with E-state index in [1.54, 1.807) is 0 Å². The molecule has 0 aromatic heterocycles. The first-order valence-electron chi connectivity index (χ1n) is 11.6. The number of rotatable bonds is 10. The van der Waals surface area contributed by atoms with Gasteiger partial charge in [0.2, 0.25) is 0 Å². The van der Waals surface area contributed by atoms with E-state index in [-0.39, 0.29) is 6.10 Å². The number of hydrogen-bond donors (Lipinski definition) is 2. The third-order valence-electron chi connectivity index (χ3n) is 5.81. The molecule has 2 fully saturated rings. The molecule has 0 spiro atoms. The van der Waals surface area contributed by atoms with Crippen molar-refractivity contribution in [2.24, 2.45) is 16.8 Å². The quantitative estimate of drug-likeness (QED) is 0.347. The van der Waals surface area contributed by atoms with Crippen LogP contribution < -0.4 is 10.6 Å². The van der Waals surface area contributed by atoms with E-state index in [1.165, 1.54) is 11.1 Å². The summed E-state index contributed by atoms with van der Waals surface area (Å²) in [4.78, 5) is 4.87. The van der Waals surface area contributed by atoms with Crippen molar-refractivity contribution in [1.82, 2.24) is 10.6 Å². The molecule has 3 unspecified atom stereocenters. The second kappa shape index (κ2) is 12.9. The predicted molar refractivity (Wildman–Crippen MR) is 121 cm³/mol. The molecule has 0 radical (unpaired) electrons. The third-order valence-corrected chi connectivity index (χ3v) is 5.81. The van der Waals surface area contributed by atoms with Crippen molar-refractivity contribution >= 4 is 5.96 Å². The fourth-order valence-electron chi connectivity index (χ4n) is 4.05. The molecule has 2 saturated heterocycles. The van der Waals surface area contributed by atoms with E-state index in [2.05, 4.69) is 48.7 Å². The van der Waals surface area contributed by atoms with Crippen molar-refractivity contribution in [3.63, 3.8) is 0 Å². The van der Waals surface area contributed by atoms with Crippen molar-refractivity contribution in [1.29, 1.82) is 0 Å². The van der Waals surface area contributed by atoms with Crippen molar-refractivity contribution in [3.05, 3.63) is 35.4 Å². The van der Waals surface area contributed by atoms with Gasteiger partial charge in [-0.15, -0.1) is 0 Å². The Kier molecular flexibility index (Phi) is 9.93. The number of aryl methyl sites for hydroxylation is 1. The highest BCUT2D eigenvalue weighted by Gasteiger charge is 2.27. The lowest BCUT2D eigenvalue weighted by Gasteiger charge is -2.31. The zero-order valence-electron chi connectivity index (χ0n) is 18.7. The van der Waals surface area contributed by atoms with Crippen LogP contribution in [0, 0.1) is 18.8 Å². The van der Waals surface area contributed by atoms with Gasteiger partial charge >= 0.3 is 0 Å². The van der Waals surface area contributed by atoms with E-state index in [0.29, 0.717) is 11.8 Å². The normalized spacial score (nSPS) is 24.7. The number of ether oxygens (including phenoxy) is 3. The number of aliphatic imine (C=N–C) groups is 1. The van der Waals surface area contributed by atoms with Gasteiger partial charge in [-0.3, -0.25) is 4.99 Å². The molecule has 3 atom stereocenters. The fourth-order valence-corrected chi connectivity index (χ4v) is 4.05. The molecule has 6 heteroatoms. The summed E-state index contributed by atoms with van der Waals surface area (Å²) in [6, 6.07) is 8.73. The molecule has 0 amide bonds. The predicted octanol–water partition coefficient (Wildman–Crippen LogP) is 3.46. The Morgan fingerprint density at radius 2 is 2.03 bits per heavy atom. The molecule has 0 saturated carbocycles. The molecule has 2 aliphatic rings. The average molecular weight is 418 g/mol. The summed E-state index contributed by atoms with van der Waals surface area (Å²) in [5, 5.41) is 6.80. The number of nitrogens with zero attached hydrogens (tertiary/aromatic N) is 1. The van der Waals surface area contributed by atoms with Gasteiger partial charge in [0.1, 0.15) is 0 Å². The van der Waals surface area contributed by atoms with Crippen LogP contribution >= 0.6 is 0 Å². The molecular weight excluding hydrogens is 378 g/mol.